The second kappa shape index (κ2) is 9.08. The van der Waals surface area contributed by atoms with Crippen LogP contribution in [0.2, 0.25) is 10.0 Å². The van der Waals surface area contributed by atoms with E-state index in [9.17, 15) is 9.18 Å². The van der Waals surface area contributed by atoms with Crippen molar-refractivity contribution in [2.45, 2.75) is 32.2 Å². The molecule has 1 amide bonds. The summed E-state index contributed by atoms with van der Waals surface area (Å²) in [5.41, 5.74) is 1.70. The van der Waals surface area contributed by atoms with Crippen LogP contribution >= 0.6 is 23.2 Å². The number of nitrogens with zero attached hydrogens (tertiary/aromatic N) is 4. The van der Waals surface area contributed by atoms with Crippen molar-refractivity contribution in [3.63, 3.8) is 0 Å². The highest BCUT2D eigenvalue weighted by molar-refractivity contribution is 6.42. The molecule has 0 spiro atoms. The van der Waals surface area contributed by atoms with E-state index in [0.717, 1.165) is 11.9 Å². The van der Waals surface area contributed by atoms with Crippen LogP contribution in [0.4, 0.5) is 10.3 Å². The summed E-state index contributed by atoms with van der Waals surface area (Å²) < 4.78 is 21.1. The number of anilines is 1. The number of rotatable bonds is 4. The lowest BCUT2D eigenvalue weighted by Gasteiger charge is -2.32. The molecule has 174 valence electrons. The lowest BCUT2D eigenvalue weighted by Crippen LogP contribution is -2.44. The summed E-state index contributed by atoms with van der Waals surface area (Å²) in [4.78, 5) is 24.1. The van der Waals surface area contributed by atoms with Crippen molar-refractivity contribution >= 4 is 46.1 Å². The smallest absolute Gasteiger partial charge is 0.223 e. The Kier molecular flexibility index (Phi) is 6.16. The maximum absolute atomic E-state index is 13.9. The van der Waals surface area contributed by atoms with Gasteiger partial charge in [-0.05, 0) is 50.5 Å². The van der Waals surface area contributed by atoms with Gasteiger partial charge in [0.1, 0.15) is 11.6 Å². The van der Waals surface area contributed by atoms with Gasteiger partial charge in [0.2, 0.25) is 11.9 Å². The Morgan fingerprint density at radius 2 is 1.91 bits per heavy atom. The third-order valence-corrected chi connectivity index (χ3v) is 7.06. The first-order chi connectivity index (χ1) is 15.9. The number of aromatic nitrogens is 3. The van der Waals surface area contributed by atoms with Crippen molar-refractivity contribution in [3.8, 4) is 5.82 Å². The lowest BCUT2D eigenvalue weighted by atomic mass is 9.95. The normalized spacial score (nSPS) is 19.4. The van der Waals surface area contributed by atoms with E-state index < -0.39 is 0 Å². The number of hydrogen-bond acceptors (Lipinski definition) is 5. The van der Waals surface area contributed by atoms with Gasteiger partial charge in [-0.3, -0.25) is 9.36 Å². The molecule has 2 aliphatic heterocycles. The van der Waals surface area contributed by atoms with Crippen LogP contribution in [-0.4, -0.2) is 52.8 Å². The van der Waals surface area contributed by atoms with Crippen LogP contribution in [0.15, 0.2) is 24.3 Å². The number of imidazole rings is 1. The third kappa shape index (κ3) is 4.39. The summed E-state index contributed by atoms with van der Waals surface area (Å²) in [7, 11) is 0. The van der Waals surface area contributed by atoms with Crippen LogP contribution in [0.5, 0.6) is 0 Å². The molecule has 1 N–H and O–H groups in total. The van der Waals surface area contributed by atoms with Crippen LogP contribution < -0.4 is 10.2 Å². The molecule has 0 saturated carbocycles. The van der Waals surface area contributed by atoms with Crippen molar-refractivity contribution < 1.29 is 13.9 Å². The molecule has 0 aliphatic carbocycles. The Balaban J connectivity index is 1.44. The highest BCUT2D eigenvalue weighted by Crippen LogP contribution is 2.34. The number of halogens is 3. The third-order valence-electron chi connectivity index (χ3n) is 6.34. The zero-order valence-corrected chi connectivity index (χ0v) is 19.7. The number of pyridine rings is 1. The standard InChI is InChI=1S/C23H24Cl2FN5O2/c1-13-18(26)2-3-21(27-13)31-20-11-17(25)16(24)10-19(20)29-23(31)30-7-4-14(5-8-30)22(32)28-15-6-9-33-12-15/h2-3,10-11,14-15H,4-9,12H2,1H3,(H,28,32). The van der Waals surface area contributed by atoms with E-state index in [-0.39, 0.29) is 23.7 Å². The summed E-state index contributed by atoms with van der Waals surface area (Å²) in [6, 6.07) is 6.61. The first-order valence-electron chi connectivity index (χ1n) is 11.0. The maximum Gasteiger partial charge on any atom is 0.223 e. The van der Waals surface area contributed by atoms with Gasteiger partial charge in [0.05, 0.1) is 39.4 Å². The maximum atomic E-state index is 13.9. The van der Waals surface area contributed by atoms with E-state index in [1.165, 1.54) is 6.07 Å². The number of ether oxygens (including phenoxy) is 1. The average molecular weight is 492 g/mol. The molecule has 1 unspecified atom stereocenters. The Bertz CT molecular complexity index is 1200. The molecule has 0 bridgehead atoms. The Morgan fingerprint density at radius 3 is 2.61 bits per heavy atom. The quantitative estimate of drug-likeness (QED) is 0.588. The molecule has 0 radical (unpaired) electrons. The number of amides is 1. The van der Waals surface area contributed by atoms with E-state index in [0.29, 0.717) is 72.2 Å². The fraction of sp³-hybridized carbons (Fsp3) is 0.435. The highest BCUT2D eigenvalue weighted by Gasteiger charge is 2.30. The van der Waals surface area contributed by atoms with E-state index in [1.807, 2.05) is 4.57 Å². The summed E-state index contributed by atoms with van der Waals surface area (Å²) in [6.07, 6.45) is 2.28. The number of hydrogen-bond donors (Lipinski definition) is 1. The second-order valence-electron chi connectivity index (χ2n) is 8.57. The van der Waals surface area contributed by atoms with Gasteiger partial charge in [-0.25, -0.2) is 14.4 Å². The Labute approximate surface area is 200 Å². The minimum Gasteiger partial charge on any atom is -0.379 e. The number of piperidine rings is 1. The predicted molar refractivity (Wildman–Crippen MR) is 126 cm³/mol. The first-order valence-corrected chi connectivity index (χ1v) is 11.8. The summed E-state index contributed by atoms with van der Waals surface area (Å²) >= 11 is 12.5. The van der Waals surface area contributed by atoms with Crippen LogP contribution in [0.25, 0.3) is 16.9 Å². The zero-order chi connectivity index (χ0) is 23.1. The summed E-state index contributed by atoms with van der Waals surface area (Å²) in [5.74, 6) is 0.892. The molecule has 3 aromatic rings. The molecule has 1 aromatic carbocycles. The van der Waals surface area contributed by atoms with E-state index in [1.54, 1.807) is 25.1 Å². The van der Waals surface area contributed by atoms with E-state index in [2.05, 4.69) is 15.2 Å². The number of carbonyl (C=O) groups excluding carboxylic acids is 1. The van der Waals surface area contributed by atoms with Crippen molar-refractivity contribution in [3.05, 3.63) is 45.8 Å². The van der Waals surface area contributed by atoms with Crippen molar-refractivity contribution in [1.82, 2.24) is 19.9 Å². The minimum absolute atomic E-state index is 0.0465. The second-order valence-corrected chi connectivity index (χ2v) is 9.38. The average Bonchev–Trinajstić information content (AvgIpc) is 3.44. The van der Waals surface area contributed by atoms with Crippen molar-refractivity contribution in [2.75, 3.05) is 31.2 Å². The van der Waals surface area contributed by atoms with Gasteiger partial charge in [0.25, 0.3) is 0 Å². The van der Waals surface area contributed by atoms with Crippen LogP contribution in [-0.2, 0) is 9.53 Å². The summed E-state index contributed by atoms with van der Waals surface area (Å²) in [5, 5.41) is 3.92. The van der Waals surface area contributed by atoms with Gasteiger partial charge >= 0.3 is 0 Å². The number of aryl methyl sites for hydroxylation is 1. The first kappa shape index (κ1) is 22.4. The predicted octanol–water partition coefficient (Wildman–Crippen LogP) is 4.30. The molecule has 1 atom stereocenters. The summed E-state index contributed by atoms with van der Waals surface area (Å²) in [6.45, 7) is 4.23. The molecule has 2 saturated heterocycles. The van der Waals surface area contributed by atoms with Gasteiger partial charge in [-0.2, -0.15) is 0 Å². The molecular weight excluding hydrogens is 468 g/mol. The number of nitrogens with one attached hydrogen (secondary N) is 1. The monoisotopic (exact) mass is 491 g/mol. The molecule has 5 rings (SSSR count). The number of carbonyl (C=O) groups is 1. The van der Waals surface area contributed by atoms with Gasteiger partial charge in [0, 0.05) is 25.6 Å². The number of fused-ring (bicyclic) bond motifs is 1. The molecule has 2 aromatic heterocycles. The Morgan fingerprint density at radius 1 is 1.15 bits per heavy atom. The lowest BCUT2D eigenvalue weighted by molar-refractivity contribution is -0.126. The topological polar surface area (TPSA) is 72.3 Å². The zero-order valence-electron chi connectivity index (χ0n) is 18.2. The van der Waals surface area contributed by atoms with E-state index >= 15 is 0 Å². The molecule has 7 nitrogen and oxygen atoms in total. The molecular formula is C23H24Cl2FN5O2. The molecule has 2 aliphatic rings. The van der Waals surface area contributed by atoms with Crippen LogP contribution in [0.3, 0.4) is 0 Å². The van der Waals surface area contributed by atoms with Crippen molar-refractivity contribution in [2.24, 2.45) is 5.92 Å². The van der Waals surface area contributed by atoms with Crippen LogP contribution in [0, 0.1) is 18.7 Å². The van der Waals surface area contributed by atoms with Crippen LogP contribution in [0.1, 0.15) is 25.0 Å². The fourth-order valence-electron chi connectivity index (χ4n) is 4.46. The Hall–Kier alpha value is -2.42. The van der Waals surface area contributed by atoms with Gasteiger partial charge < -0.3 is 15.0 Å². The molecule has 2 fully saturated rings. The number of benzene rings is 1. The van der Waals surface area contributed by atoms with E-state index in [4.69, 9.17) is 32.9 Å². The van der Waals surface area contributed by atoms with Gasteiger partial charge in [-0.1, -0.05) is 23.2 Å². The molecule has 33 heavy (non-hydrogen) atoms. The largest absolute Gasteiger partial charge is 0.379 e. The van der Waals surface area contributed by atoms with Gasteiger partial charge in [0.15, 0.2) is 0 Å². The van der Waals surface area contributed by atoms with Gasteiger partial charge in [-0.15, -0.1) is 0 Å². The SMILES string of the molecule is Cc1nc(-n2c(N3CCC(C(=O)NC4CCOC4)CC3)nc3cc(Cl)c(Cl)cc32)ccc1F. The minimum atomic E-state index is -0.370. The highest BCUT2D eigenvalue weighted by atomic mass is 35.5. The molecule has 4 heterocycles. The molecule has 10 heteroatoms. The fourth-order valence-corrected chi connectivity index (χ4v) is 4.78. The van der Waals surface area contributed by atoms with Crippen molar-refractivity contribution in [1.29, 1.82) is 0 Å².